The Balaban J connectivity index is 1.20. The van der Waals surface area contributed by atoms with E-state index in [9.17, 15) is 9.59 Å². The fourth-order valence-electron chi connectivity index (χ4n) is 6.52. The quantitative estimate of drug-likeness (QED) is 0.165. The normalized spacial score (nSPS) is 12.4. The van der Waals surface area contributed by atoms with Crippen LogP contribution in [0.3, 0.4) is 0 Å². The first-order valence-electron chi connectivity index (χ1n) is 16.3. The number of hydrogen-bond donors (Lipinski definition) is 1. The maximum atomic E-state index is 14.4. The Morgan fingerprint density at radius 1 is 0.760 bits per heavy atom. The van der Waals surface area contributed by atoms with Crippen LogP contribution < -0.4 is 19.5 Å². The van der Waals surface area contributed by atoms with Gasteiger partial charge in [-0.2, -0.15) is 0 Å². The summed E-state index contributed by atoms with van der Waals surface area (Å²) in [5.74, 6) is 1.86. The SMILES string of the molecule is COc1cccc(Cn2c(C(=O)N3CCc4cc(OC)c(OC)cc4C3)cc3cc(-c4ccc(NC(=O)c5ccc(Cl)cc5)cc4)ccc32)c1. The molecule has 0 saturated heterocycles. The maximum absolute atomic E-state index is 14.4. The molecule has 50 heavy (non-hydrogen) atoms. The third kappa shape index (κ3) is 6.62. The van der Waals surface area contributed by atoms with Crippen molar-refractivity contribution >= 4 is 40.0 Å². The molecule has 1 aliphatic rings. The van der Waals surface area contributed by atoms with Gasteiger partial charge in [0.1, 0.15) is 11.4 Å². The summed E-state index contributed by atoms with van der Waals surface area (Å²) in [5.41, 5.74) is 8.00. The molecule has 252 valence electrons. The number of carbonyl (C=O) groups is 2. The molecule has 5 aromatic carbocycles. The van der Waals surface area contributed by atoms with Crippen LogP contribution in [0.15, 0.2) is 109 Å². The van der Waals surface area contributed by atoms with E-state index in [1.54, 1.807) is 45.6 Å². The average Bonchev–Trinajstić information content (AvgIpc) is 3.51. The number of halogens is 1. The number of methoxy groups -OCH3 is 3. The second-order valence-electron chi connectivity index (χ2n) is 12.2. The second-order valence-corrected chi connectivity index (χ2v) is 12.7. The molecule has 6 aromatic rings. The molecule has 1 aromatic heterocycles. The van der Waals surface area contributed by atoms with Crippen molar-refractivity contribution < 1.29 is 23.8 Å². The van der Waals surface area contributed by atoms with Gasteiger partial charge in [0, 0.05) is 46.8 Å². The molecule has 0 saturated carbocycles. The summed E-state index contributed by atoms with van der Waals surface area (Å²) >= 11 is 5.97. The molecule has 2 heterocycles. The molecular formula is C41H36ClN3O5. The van der Waals surface area contributed by atoms with Crippen molar-refractivity contribution in [1.29, 1.82) is 0 Å². The molecule has 0 atom stereocenters. The first-order chi connectivity index (χ1) is 24.3. The van der Waals surface area contributed by atoms with Crippen LogP contribution in [-0.4, -0.2) is 49.2 Å². The first-order valence-corrected chi connectivity index (χ1v) is 16.7. The van der Waals surface area contributed by atoms with Gasteiger partial charge in [0.15, 0.2) is 11.5 Å². The molecular weight excluding hydrogens is 650 g/mol. The minimum Gasteiger partial charge on any atom is -0.497 e. The molecule has 0 bridgehead atoms. The van der Waals surface area contributed by atoms with Gasteiger partial charge >= 0.3 is 0 Å². The van der Waals surface area contributed by atoms with E-state index in [0.717, 1.165) is 50.9 Å². The van der Waals surface area contributed by atoms with Crippen LogP contribution >= 0.6 is 11.6 Å². The van der Waals surface area contributed by atoms with Gasteiger partial charge in [-0.3, -0.25) is 9.59 Å². The van der Waals surface area contributed by atoms with Crippen LogP contribution in [0.2, 0.25) is 5.02 Å². The highest BCUT2D eigenvalue weighted by molar-refractivity contribution is 6.30. The Kier molecular flexibility index (Phi) is 9.19. The lowest BCUT2D eigenvalue weighted by Crippen LogP contribution is -2.37. The van der Waals surface area contributed by atoms with E-state index in [1.165, 1.54) is 0 Å². The smallest absolute Gasteiger partial charge is 0.270 e. The fourth-order valence-corrected chi connectivity index (χ4v) is 6.65. The van der Waals surface area contributed by atoms with Crippen LogP contribution in [-0.2, 0) is 19.5 Å². The number of nitrogens with one attached hydrogen (secondary N) is 1. The van der Waals surface area contributed by atoms with Gasteiger partial charge in [-0.05, 0) is 113 Å². The molecule has 2 amide bonds. The summed E-state index contributed by atoms with van der Waals surface area (Å²) in [6, 6.07) is 34.6. The van der Waals surface area contributed by atoms with Gasteiger partial charge in [-0.1, -0.05) is 41.9 Å². The Bertz CT molecular complexity index is 2210. The zero-order valence-corrected chi connectivity index (χ0v) is 28.8. The van der Waals surface area contributed by atoms with Gasteiger partial charge in [-0.25, -0.2) is 0 Å². The van der Waals surface area contributed by atoms with Crippen molar-refractivity contribution in [1.82, 2.24) is 9.47 Å². The van der Waals surface area contributed by atoms with Gasteiger partial charge < -0.3 is 29.0 Å². The number of ether oxygens (including phenoxy) is 3. The lowest BCUT2D eigenvalue weighted by atomic mass is 9.98. The predicted octanol–water partition coefficient (Wildman–Crippen LogP) is 8.49. The van der Waals surface area contributed by atoms with E-state index in [1.807, 2.05) is 71.6 Å². The third-order valence-electron chi connectivity index (χ3n) is 9.18. The summed E-state index contributed by atoms with van der Waals surface area (Å²) in [7, 11) is 4.91. The third-order valence-corrected chi connectivity index (χ3v) is 9.44. The number of fused-ring (bicyclic) bond motifs is 2. The van der Waals surface area contributed by atoms with Crippen molar-refractivity contribution in [2.24, 2.45) is 0 Å². The average molecular weight is 686 g/mol. The zero-order valence-electron chi connectivity index (χ0n) is 28.0. The summed E-state index contributed by atoms with van der Waals surface area (Å²) in [6.07, 6.45) is 0.720. The van der Waals surface area contributed by atoms with Crippen molar-refractivity contribution in [2.45, 2.75) is 19.5 Å². The topological polar surface area (TPSA) is 82.0 Å². The molecule has 1 aliphatic heterocycles. The van der Waals surface area contributed by atoms with E-state index < -0.39 is 0 Å². The molecule has 0 spiro atoms. The number of anilines is 1. The monoisotopic (exact) mass is 685 g/mol. The van der Waals surface area contributed by atoms with Crippen molar-refractivity contribution in [3.05, 3.63) is 142 Å². The van der Waals surface area contributed by atoms with Crippen molar-refractivity contribution in [2.75, 3.05) is 33.2 Å². The minimum absolute atomic E-state index is 0.0353. The van der Waals surface area contributed by atoms with Gasteiger partial charge in [0.25, 0.3) is 11.8 Å². The van der Waals surface area contributed by atoms with E-state index in [0.29, 0.717) is 53.1 Å². The molecule has 0 aliphatic carbocycles. The zero-order chi connectivity index (χ0) is 34.8. The highest BCUT2D eigenvalue weighted by Gasteiger charge is 2.27. The van der Waals surface area contributed by atoms with Crippen LogP contribution in [0.1, 0.15) is 37.5 Å². The van der Waals surface area contributed by atoms with E-state index in [-0.39, 0.29) is 11.8 Å². The summed E-state index contributed by atoms with van der Waals surface area (Å²) in [5, 5.41) is 4.47. The number of rotatable bonds is 9. The largest absolute Gasteiger partial charge is 0.497 e. The van der Waals surface area contributed by atoms with Crippen LogP contribution in [0.25, 0.3) is 22.0 Å². The maximum Gasteiger partial charge on any atom is 0.270 e. The van der Waals surface area contributed by atoms with Gasteiger partial charge in [-0.15, -0.1) is 0 Å². The lowest BCUT2D eigenvalue weighted by Gasteiger charge is -2.30. The molecule has 8 nitrogen and oxygen atoms in total. The lowest BCUT2D eigenvalue weighted by molar-refractivity contribution is 0.0724. The Labute approximate surface area is 295 Å². The second kappa shape index (κ2) is 14.0. The van der Waals surface area contributed by atoms with Crippen LogP contribution in [0.4, 0.5) is 5.69 Å². The number of hydrogen-bond acceptors (Lipinski definition) is 5. The summed E-state index contributed by atoms with van der Waals surface area (Å²) in [4.78, 5) is 29.0. The number of carbonyl (C=O) groups excluding carboxylic acids is 2. The number of benzene rings is 5. The number of amides is 2. The molecule has 1 N–H and O–H groups in total. The Morgan fingerprint density at radius 3 is 2.20 bits per heavy atom. The highest BCUT2D eigenvalue weighted by Crippen LogP contribution is 2.35. The molecule has 9 heteroatoms. The standard InChI is InChI=1S/C41H36ClN3O5/c1-48-35-6-4-5-26(19-35)24-45-36-16-11-29(27-9-14-34(15-10-27)43-40(46)28-7-12-33(42)13-8-28)20-31(36)21-37(45)41(47)44-18-17-30-22-38(49-2)39(50-3)23-32(30)25-44/h4-16,19-23H,17-18,24-25H2,1-3H3,(H,43,46). The Morgan fingerprint density at radius 2 is 1.48 bits per heavy atom. The van der Waals surface area contributed by atoms with Crippen LogP contribution in [0.5, 0.6) is 17.2 Å². The molecule has 0 unspecified atom stereocenters. The summed E-state index contributed by atoms with van der Waals surface area (Å²) < 4.78 is 18.7. The molecule has 7 rings (SSSR count). The highest BCUT2D eigenvalue weighted by atomic mass is 35.5. The van der Waals surface area contributed by atoms with E-state index in [2.05, 4.69) is 28.1 Å². The summed E-state index contributed by atoms with van der Waals surface area (Å²) in [6.45, 7) is 1.56. The fraction of sp³-hybridized carbons (Fsp3) is 0.171. The van der Waals surface area contributed by atoms with E-state index in [4.69, 9.17) is 25.8 Å². The first kappa shape index (κ1) is 32.8. The van der Waals surface area contributed by atoms with Crippen LogP contribution in [0, 0.1) is 0 Å². The predicted molar refractivity (Wildman–Crippen MR) is 197 cm³/mol. The van der Waals surface area contributed by atoms with Gasteiger partial charge in [0.05, 0.1) is 21.3 Å². The van der Waals surface area contributed by atoms with Gasteiger partial charge in [0.2, 0.25) is 0 Å². The Hall–Kier alpha value is -5.73. The van der Waals surface area contributed by atoms with Crippen molar-refractivity contribution in [3.63, 3.8) is 0 Å². The number of nitrogens with zero attached hydrogens (tertiary/aromatic N) is 2. The van der Waals surface area contributed by atoms with E-state index >= 15 is 0 Å². The number of aromatic nitrogens is 1. The van der Waals surface area contributed by atoms with Crippen molar-refractivity contribution in [3.8, 4) is 28.4 Å². The minimum atomic E-state index is -0.207. The molecule has 0 fully saturated rings. The molecule has 0 radical (unpaired) electrons.